The molecule has 0 spiro atoms. The minimum Gasteiger partial charge on any atom is -0.343 e. The first-order valence-electron chi connectivity index (χ1n) is 9.51. The monoisotopic (exact) mass is 401 g/mol. The maximum absolute atomic E-state index is 12.3. The number of likely N-dealkylation sites (N-methyl/N-ethyl adjacent to an activating group) is 1. The molecule has 0 saturated carbocycles. The van der Waals surface area contributed by atoms with Gasteiger partial charge in [-0.25, -0.2) is 0 Å². The van der Waals surface area contributed by atoms with E-state index in [0.717, 1.165) is 12.8 Å². The molecule has 150 valence electrons. The standard InChI is InChI=1S/C21H27N3O3S/c1-3-24(4-2)20(26)15-22-21(27)16-8-5-9-17(14-16)23-19(25)12-6-10-18-11-7-13-28-18/h5,7-9,11,13-14H,3-4,6,10,12,15H2,1-2H3,(H,22,27)(H,23,25). The molecule has 0 atom stereocenters. The molecule has 6 nitrogen and oxygen atoms in total. The van der Waals surface area contributed by atoms with Crippen molar-refractivity contribution in [1.82, 2.24) is 10.2 Å². The number of benzene rings is 1. The lowest BCUT2D eigenvalue weighted by molar-refractivity contribution is -0.129. The lowest BCUT2D eigenvalue weighted by atomic mass is 10.1. The Hall–Kier alpha value is -2.67. The molecular formula is C21H27N3O3S. The summed E-state index contributed by atoms with van der Waals surface area (Å²) < 4.78 is 0. The first kappa shape index (κ1) is 21.6. The second kappa shape index (κ2) is 11.2. The Labute approximate surface area is 169 Å². The van der Waals surface area contributed by atoms with Crippen molar-refractivity contribution < 1.29 is 14.4 Å². The fourth-order valence-electron chi connectivity index (χ4n) is 2.79. The van der Waals surface area contributed by atoms with E-state index in [-0.39, 0.29) is 24.3 Å². The smallest absolute Gasteiger partial charge is 0.251 e. The van der Waals surface area contributed by atoms with Crippen LogP contribution in [0.5, 0.6) is 0 Å². The van der Waals surface area contributed by atoms with E-state index >= 15 is 0 Å². The number of nitrogens with one attached hydrogen (secondary N) is 2. The van der Waals surface area contributed by atoms with Crippen molar-refractivity contribution in [2.75, 3.05) is 25.0 Å². The van der Waals surface area contributed by atoms with Gasteiger partial charge in [0.25, 0.3) is 5.91 Å². The van der Waals surface area contributed by atoms with Gasteiger partial charge in [-0.1, -0.05) is 12.1 Å². The predicted octanol–water partition coefficient (Wildman–Crippen LogP) is 3.31. The van der Waals surface area contributed by atoms with Gasteiger partial charge in [0.1, 0.15) is 0 Å². The third-order valence-electron chi connectivity index (χ3n) is 4.33. The molecule has 0 aliphatic carbocycles. The van der Waals surface area contributed by atoms with E-state index in [0.29, 0.717) is 30.8 Å². The van der Waals surface area contributed by atoms with Crippen LogP contribution in [-0.4, -0.2) is 42.3 Å². The van der Waals surface area contributed by atoms with Gasteiger partial charge < -0.3 is 15.5 Å². The van der Waals surface area contributed by atoms with Gasteiger partial charge in [0, 0.05) is 35.6 Å². The molecule has 1 heterocycles. The molecule has 1 aromatic heterocycles. The lowest BCUT2D eigenvalue weighted by Gasteiger charge is -2.18. The third-order valence-corrected chi connectivity index (χ3v) is 5.27. The average Bonchev–Trinajstić information content (AvgIpc) is 3.20. The van der Waals surface area contributed by atoms with Crippen molar-refractivity contribution in [2.24, 2.45) is 0 Å². The number of hydrogen-bond acceptors (Lipinski definition) is 4. The van der Waals surface area contributed by atoms with Crippen LogP contribution in [0.1, 0.15) is 41.9 Å². The van der Waals surface area contributed by atoms with Gasteiger partial charge in [-0.05, 0) is 56.3 Å². The van der Waals surface area contributed by atoms with Crippen LogP contribution in [0, 0.1) is 0 Å². The highest BCUT2D eigenvalue weighted by atomic mass is 32.1. The summed E-state index contributed by atoms with van der Waals surface area (Å²) in [5.74, 6) is -0.534. The molecule has 1 aromatic carbocycles. The highest BCUT2D eigenvalue weighted by Crippen LogP contribution is 2.14. The van der Waals surface area contributed by atoms with Crippen LogP contribution in [0.15, 0.2) is 41.8 Å². The molecule has 0 aliphatic heterocycles. The molecular weight excluding hydrogens is 374 g/mol. The summed E-state index contributed by atoms with van der Waals surface area (Å²) >= 11 is 1.69. The van der Waals surface area contributed by atoms with Crippen molar-refractivity contribution in [2.45, 2.75) is 33.1 Å². The number of rotatable bonds is 10. The number of amides is 3. The summed E-state index contributed by atoms with van der Waals surface area (Å²) in [7, 11) is 0. The molecule has 0 bridgehead atoms. The second-order valence-corrected chi connectivity index (χ2v) is 7.34. The molecule has 7 heteroatoms. The number of aryl methyl sites for hydroxylation is 1. The Morgan fingerprint density at radius 3 is 2.54 bits per heavy atom. The fraction of sp³-hybridized carbons (Fsp3) is 0.381. The van der Waals surface area contributed by atoms with Gasteiger partial charge in [0.15, 0.2) is 0 Å². The molecule has 0 aliphatic rings. The molecule has 2 rings (SSSR count). The fourth-order valence-corrected chi connectivity index (χ4v) is 3.54. The van der Waals surface area contributed by atoms with Crippen LogP contribution in [0.3, 0.4) is 0 Å². The highest BCUT2D eigenvalue weighted by Gasteiger charge is 2.13. The minimum absolute atomic E-state index is 0.0418. The van der Waals surface area contributed by atoms with Crippen molar-refractivity contribution in [1.29, 1.82) is 0 Å². The first-order valence-corrected chi connectivity index (χ1v) is 10.4. The summed E-state index contributed by atoms with van der Waals surface area (Å²) in [6, 6.07) is 10.8. The van der Waals surface area contributed by atoms with Gasteiger partial charge in [-0.3, -0.25) is 14.4 Å². The summed E-state index contributed by atoms with van der Waals surface area (Å²) in [5.41, 5.74) is 0.979. The summed E-state index contributed by atoms with van der Waals surface area (Å²) in [4.78, 5) is 39.3. The largest absolute Gasteiger partial charge is 0.343 e. The zero-order valence-electron chi connectivity index (χ0n) is 16.4. The number of anilines is 1. The average molecular weight is 402 g/mol. The number of carbonyl (C=O) groups excluding carboxylic acids is 3. The van der Waals surface area contributed by atoms with Gasteiger partial charge in [-0.2, -0.15) is 0 Å². The first-order chi connectivity index (χ1) is 13.5. The van der Waals surface area contributed by atoms with Gasteiger partial charge >= 0.3 is 0 Å². The lowest BCUT2D eigenvalue weighted by Crippen LogP contribution is -2.40. The SMILES string of the molecule is CCN(CC)C(=O)CNC(=O)c1cccc(NC(=O)CCCc2cccs2)c1. The molecule has 28 heavy (non-hydrogen) atoms. The molecule has 3 amide bonds. The van der Waals surface area contributed by atoms with Crippen molar-refractivity contribution >= 4 is 34.7 Å². The molecule has 0 unspecified atom stereocenters. The van der Waals surface area contributed by atoms with Crippen molar-refractivity contribution in [3.63, 3.8) is 0 Å². The molecule has 2 aromatic rings. The molecule has 2 N–H and O–H groups in total. The van der Waals surface area contributed by atoms with Gasteiger partial charge in [0.2, 0.25) is 11.8 Å². The molecule has 0 saturated heterocycles. The van der Waals surface area contributed by atoms with Crippen molar-refractivity contribution in [3.05, 3.63) is 52.2 Å². The van der Waals surface area contributed by atoms with E-state index in [1.807, 2.05) is 25.3 Å². The highest BCUT2D eigenvalue weighted by molar-refractivity contribution is 7.09. The van der Waals surface area contributed by atoms with E-state index < -0.39 is 0 Å². The van der Waals surface area contributed by atoms with Crippen molar-refractivity contribution in [3.8, 4) is 0 Å². The topological polar surface area (TPSA) is 78.5 Å². The van der Waals surface area contributed by atoms with E-state index in [2.05, 4.69) is 16.7 Å². The molecule has 0 radical (unpaired) electrons. The van der Waals surface area contributed by atoms with E-state index in [9.17, 15) is 14.4 Å². The quantitative estimate of drug-likeness (QED) is 0.641. The summed E-state index contributed by atoms with van der Waals surface area (Å²) in [6.07, 6.45) is 2.08. The van der Waals surface area contributed by atoms with Gasteiger partial charge in [0.05, 0.1) is 6.54 Å². The molecule has 0 fully saturated rings. The Morgan fingerprint density at radius 2 is 1.86 bits per heavy atom. The van der Waals surface area contributed by atoms with E-state index in [1.165, 1.54) is 4.88 Å². The Balaban J connectivity index is 1.82. The summed E-state index contributed by atoms with van der Waals surface area (Å²) in [5, 5.41) is 7.49. The maximum atomic E-state index is 12.3. The van der Waals surface area contributed by atoms with Crippen LogP contribution in [0.4, 0.5) is 5.69 Å². The summed E-state index contributed by atoms with van der Waals surface area (Å²) in [6.45, 7) is 4.98. The van der Waals surface area contributed by atoms with Crippen LogP contribution in [0.25, 0.3) is 0 Å². The number of carbonyl (C=O) groups is 3. The zero-order chi connectivity index (χ0) is 20.4. The Kier molecular flexibility index (Phi) is 8.68. The maximum Gasteiger partial charge on any atom is 0.251 e. The number of thiophene rings is 1. The number of nitrogens with zero attached hydrogens (tertiary/aromatic N) is 1. The predicted molar refractivity (Wildman–Crippen MR) is 113 cm³/mol. The Bertz CT molecular complexity index is 786. The van der Waals surface area contributed by atoms with Crippen LogP contribution < -0.4 is 10.6 Å². The van der Waals surface area contributed by atoms with Gasteiger partial charge in [-0.15, -0.1) is 11.3 Å². The zero-order valence-corrected chi connectivity index (χ0v) is 17.2. The third kappa shape index (κ3) is 6.81. The van der Waals surface area contributed by atoms with Crippen LogP contribution in [0.2, 0.25) is 0 Å². The number of hydrogen-bond donors (Lipinski definition) is 2. The Morgan fingerprint density at radius 1 is 1.07 bits per heavy atom. The minimum atomic E-state index is -0.339. The second-order valence-electron chi connectivity index (χ2n) is 6.31. The van der Waals surface area contributed by atoms with Crippen LogP contribution in [-0.2, 0) is 16.0 Å². The normalized spacial score (nSPS) is 10.4. The van der Waals surface area contributed by atoms with E-state index in [4.69, 9.17) is 0 Å². The van der Waals surface area contributed by atoms with E-state index in [1.54, 1.807) is 40.5 Å². The van der Waals surface area contributed by atoms with Crippen LogP contribution >= 0.6 is 11.3 Å².